The van der Waals surface area contributed by atoms with E-state index in [-0.39, 0.29) is 18.0 Å². The number of nitrogens with zero attached hydrogens (tertiary/aromatic N) is 1. The highest BCUT2D eigenvalue weighted by molar-refractivity contribution is 6.73. The quantitative estimate of drug-likeness (QED) is 0.398. The summed E-state index contributed by atoms with van der Waals surface area (Å²) in [6.07, 6.45) is 4.25. The minimum atomic E-state index is -1.92. The van der Waals surface area contributed by atoms with Gasteiger partial charge in [-0.25, -0.2) is 9.18 Å². The SMILES string of the molecule is CCCC/C(=C\N1CCOC1=O)C(O[Si](CC)(CC)CC)c1ccc(F)cc1. The first kappa shape index (κ1) is 22.6. The summed E-state index contributed by atoms with van der Waals surface area (Å²) in [5.41, 5.74) is 2.02. The third-order valence-electron chi connectivity index (χ3n) is 5.74. The Bertz CT molecular complexity index is 650. The smallest absolute Gasteiger partial charge is 0.413 e. The van der Waals surface area contributed by atoms with E-state index in [1.165, 1.54) is 12.1 Å². The fourth-order valence-corrected chi connectivity index (χ4v) is 6.40. The average molecular weight is 408 g/mol. The van der Waals surface area contributed by atoms with Crippen molar-refractivity contribution in [2.24, 2.45) is 0 Å². The standard InChI is InChI=1S/C22H34FNO3Si/c1-5-9-10-19(17-24-15-16-26-22(24)25)21(18-11-13-20(23)14-12-18)27-28(6-2,7-3)8-4/h11-14,17,21H,5-10,15-16H2,1-4H3/b19-17+. The Hall–Kier alpha value is -1.66. The number of hydrogen-bond acceptors (Lipinski definition) is 3. The van der Waals surface area contributed by atoms with Gasteiger partial charge in [0.25, 0.3) is 0 Å². The van der Waals surface area contributed by atoms with Crippen molar-refractivity contribution in [2.45, 2.75) is 71.2 Å². The number of hydrogen-bond donors (Lipinski definition) is 0. The van der Waals surface area contributed by atoms with Crippen LogP contribution in [-0.4, -0.2) is 32.5 Å². The summed E-state index contributed by atoms with van der Waals surface area (Å²) < 4.78 is 25.5. The molecule has 1 aromatic carbocycles. The van der Waals surface area contributed by atoms with E-state index in [0.717, 1.165) is 48.5 Å². The van der Waals surface area contributed by atoms with E-state index in [4.69, 9.17) is 9.16 Å². The molecular formula is C22H34FNO3Si. The van der Waals surface area contributed by atoms with Crippen molar-refractivity contribution in [3.8, 4) is 0 Å². The second-order valence-electron chi connectivity index (χ2n) is 7.41. The molecule has 1 amide bonds. The van der Waals surface area contributed by atoms with Crippen LogP contribution in [0.5, 0.6) is 0 Å². The van der Waals surface area contributed by atoms with Crippen LogP contribution in [0.25, 0.3) is 0 Å². The Morgan fingerprint density at radius 2 is 1.86 bits per heavy atom. The molecule has 2 rings (SSSR count). The van der Waals surface area contributed by atoms with Gasteiger partial charge in [0.1, 0.15) is 12.4 Å². The first-order chi connectivity index (χ1) is 13.5. The highest BCUT2D eigenvalue weighted by atomic mass is 28.4. The minimum absolute atomic E-state index is 0.255. The molecule has 1 heterocycles. The van der Waals surface area contributed by atoms with Crippen LogP contribution in [0.1, 0.15) is 58.6 Å². The van der Waals surface area contributed by atoms with Crippen molar-refractivity contribution in [1.29, 1.82) is 0 Å². The van der Waals surface area contributed by atoms with Crippen LogP contribution in [-0.2, 0) is 9.16 Å². The lowest BCUT2D eigenvalue weighted by molar-refractivity contribution is 0.165. The van der Waals surface area contributed by atoms with Gasteiger partial charge in [-0.3, -0.25) is 4.90 Å². The molecule has 0 radical (unpaired) electrons. The van der Waals surface area contributed by atoms with Gasteiger partial charge in [0.05, 0.1) is 12.6 Å². The van der Waals surface area contributed by atoms with Gasteiger partial charge in [-0.05, 0) is 54.2 Å². The summed E-state index contributed by atoms with van der Waals surface area (Å²) in [4.78, 5) is 13.7. The van der Waals surface area contributed by atoms with E-state index in [9.17, 15) is 9.18 Å². The normalized spacial score (nSPS) is 16.4. The third-order valence-corrected chi connectivity index (χ3v) is 10.3. The van der Waals surface area contributed by atoms with Crippen LogP contribution in [0.2, 0.25) is 18.1 Å². The lowest BCUT2D eigenvalue weighted by atomic mass is 9.97. The Balaban J connectivity index is 2.46. The lowest BCUT2D eigenvalue weighted by Gasteiger charge is -2.35. The number of amides is 1. The molecule has 1 fully saturated rings. The van der Waals surface area contributed by atoms with Crippen LogP contribution < -0.4 is 0 Å². The maximum Gasteiger partial charge on any atom is 0.413 e. The van der Waals surface area contributed by atoms with Crippen molar-refractivity contribution in [1.82, 2.24) is 4.90 Å². The number of unbranched alkanes of at least 4 members (excludes halogenated alkanes) is 1. The highest BCUT2D eigenvalue weighted by Crippen LogP contribution is 2.36. The molecule has 1 aliphatic rings. The second kappa shape index (κ2) is 10.8. The summed E-state index contributed by atoms with van der Waals surface area (Å²) in [5.74, 6) is -0.255. The molecule has 1 atom stereocenters. The molecule has 0 spiro atoms. The monoisotopic (exact) mass is 407 g/mol. The molecule has 0 aliphatic carbocycles. The lowest BCUT2D eigenvalue weighted by Crippen LogP contribution is -2.38. The van der Waals surface area contributed by atoms with E-state index in [2.05, 4.69) is 27.7 Å². The summed E-state index contributed by atoms with van der Waals surface area (Å²) in [6, 6.07) is 9.69. The minimum Gasteiger partial charge on any atom is -0.447 e. The van der Waals surface area contributed by atoms with Gasteiger partial charge < -0.3 is 9.16 Å². The van der Waals surface area contributed by atoms with Crippen molar-refractivity contribution in [2.75, 3.05) is 13.2 Å². The van der Waals surface area contributed by atoms with Gasteiger partial charge in [-0.1, -0.05) is 46.2 Å². The summed E-state index contributed by atoms with van der Waals surface area (Å²) >= 11 is 0. The van der Waals surface area contributed by atoms with Crippen LogP contribution in [0.4, 0.5) is 9.18 Å². The predicted molar refractivity (Wildman–Crippen MR) is 113 cm³/mol. The summed E-state index contributed by atoms with van der Waals surface area (Å²) in [5, 5.41) is 0. The highest BCUT2D eigenvalue weighted by Gasteiger charge is 2.34. The van der Waals surface area contributed by atoms with Crippen molar-refractivity contribution >= 4 is 14.4 Å². The largest absolute Gasteiger partial charge is 0.447 e. The predicted octanol–water partition coefficient (Wildman–Crippen LogP) is 6.41. The summed E-state index contributed by atoms with van der Waals surface area (Å²) in [7, 11) is -1.92. The number of carbonyl (C=O) groups is 1. The second-order valence-corrected chi connectivity index (χ2v) is 12.1. The maximum atomic E-state index is 13.6. The van der Waals surface area contributed by atoms with Gasteiger partial charge >= 0.3 is 6.09 Å². The molecule has 156 valence electrons. The summed E-state index contributed by atoms with van der Waals surface area (Å²) in [6.45, 7) is 9.73. The molecule has 28 heavy (non-hydrogen) atoms. The number of rotatable bonds is 11. The van der Waals surface area contributed by atoms with E-state index >= 15 is 0 Å². The maximum absolute atomic E-state index is 13.6. The molecule has 1 saturated heterocycles. The Morgan fingerprint density at radius 1 is 1.21 bits per heavy atom. The zero-order chi connectivity index (χ0) is 20.6. The number of ether oxygens (including phenoxy) is 1. The van der Waals surface area contributed by atoms with Gasteiger partial charge in [0.15, 0.2) is 8.32 Å². The number of halogens is 1. The Morgan fingerprint density at radius 3 is 2.36 bits per heavy atom. The van der Waals surface area contributed by atoms with E-state index < -0.39 is 8.32 Å². The fraction of sp³-hybridized carbons (Fsp3) is 0.591. The van der Waals surface area contributed by atoms with Gasteiger partial charge in [-0.2, -0.15) is 0 Å². The molecule has 6 heteroatoms. The molecule has 0 saturated carbocycles. The van der Waals surface area contributed by atoms with E-state index in [0.29, 0.717) is 13.2 Å². The number of benzene rings is 1. The average Bonchev–Trinajstić information content (AvgIpc) is 3.12. The fourth-order valence-electron chi connectivity index (χ4n) is 3.61. The molecule has 1 aliphatic heterocycles. The van der Waals surface area contributed by atoms with E-state index in [1.54, 1.807) is 4.90 Å². The zero-order valence-electron chi connectivity index (χ0n) is 17.7. The molecule has 0 aromatic heterocycles. The molecular weight excluding hydrogens is 373 g/mol. The van der Waals surface area contributed by atoms with Crippen LogP contribution in [0.3, 0.4) is 0 Å². The number of carbonyl (C=O) groups excluding carboxylic acids is 1. The topological polar surface area (TPSA) is 38.8 Å². The first-order valence-electron chi connectivity index (χ1n) is 10.6. The molecule has 1 unspecified atom stereocenters. The molecule has 4 nitrogen and oxygen atoms in total. The van der Waals surface area contributed by atoms with Crippen LogP contribution >= 0.6 is 0 Å². The third kappa shape index (κ3) is 5.67. The Kier molecular flexibility index (Phi) is 8.70. The zero-order valence-corrected chi connectivity index (χ0v) is 18.7. The molecule has 0 N–H and O–H groups in total. The Labute approximate surface area is 169 Å². The van der Waals surface area contributed by atoms with Crippen molar-refractivity contribution in [3.63, 3.8) is 0 Å². The number of cyclic esters (lactones) is 1. The molecule has 0 bridgehead atoms. The van der Waals surface area contributed by atoms with E-state index in [1.807, 2.05) is 18.3 Å². The van der Waals surface area contributed by atoms with Gasteiger partial charge in [-0.15, -0.1) is 0 Å². The van der Waals surface area contributed by atoms with Crippen molar-refractivity contribution in [3.05, 3.63) is 47.4 Å². The van der Waals surface area contributed by atoms with Gasteiger partial charge in [0, 0.05) is 6.20 Å². The van der Waals surface area contributed by atoms with Crippen molar-refractivity contribution < 1.29 is 18.3 Å². The van der Waals surface area contributed by atoms with Crippen LogP contribution in [0.15, 0.2) is 36.0 Å². The molecule has 1 aromatic rings. The first-order valence-corrected chi connectivity index (χ1v) is 13.1. The van der Waals surface area contributed by atoms with Crippen LogP contribution in [0, 0.1) is 5.82 Å². The van der Waals surface area contributed by atoms with Gasteiger partial charge in [0.2, 0.25) is 0 Å².